The average molecular weight is 501 g/mol. The highest BCUT2D eigenvalue weighted by Gasteiger charge is 2.39. The number of hydrogen-bond donors (Lipinski definition) is 3. The van der Waals surface area contributed by atoms with E-state index in [-0.39, 0.29) is 42.7 Å². The summed E-state index contributed by atoms with van der Waals surface area (Å²) >= 11 is 0. The van der Waals surface area contributed by atoms with E-state index >= 15 is 0 Å². The minimum absolute atomic E-state index is 0.0101. The number of esters is 1. The molecule has 35 heavy (non-hydrogen) atoms. The SMILES string of the molecule is CC(C)OC(=O)CCC/C=C\C[C@@H]1C(/C=C/[C@@H](O)COc2cccc(C(F)(F)F)c2)[C@H](O)C[C@@H]1O. The molecule has 6 nitrogen and oxygen atoms in total. The van der Waals surface area contributed by atoms with E-state index in [1.54, 1.807) is 19.9 Å². The van der Waals surface area contributed by atoms with Gasteiger partial charge in [0.1, 0.15) is 18.5 Å². The van der Waals surface area contributed by atoms with Crippen molar-refractivity contribution < 1.29 is 42.8 Å². The summed E-state index contributed by atoms with van der Waals surface area (Å²) in [6.07, 6.45) is 2.09. The molecule has 9 heteroatoms. The van der Waals surface area contributed by atoms with Crippen molar-refractivity contribution in [3.8, 4) is 5.75 Å². The van der Waals surface area contributed by atoms with Crippen LogP contribution in [-0.4, -0.2) is 52.3 Å². The third-order valence-corrected chi connectivity index (χ3v) is 5.75. The van der Waals surface area contributed by atoms with Crippen molar-refractivity contribution in [3.05, 3.63) is 54.1 Å². The molecule has 2 rings (SSSR count). The van der Waals surface area contributed by atoms with Crippen LogP contribution in [0.3, 0.4) is 0 Å². The number of benzene rings is 1. The van der Waals surface area contributed by atoms with Gasteiger partial charge < -0.3 is 24.8 Å². The predicted molar refractivity (Wildman–Crippen MR) is 125 cm³/mol. The zero-order chi connectivity index (χ0) is 26.0. The summed E-state index contributed by atoms with van der Waals surface area (Å²) < 4.78 is 48.8. The van der Waals surface area contributed by atoms with Crippen LogP contribution < -0.4 is 4.74 Å². The second-order valence-corrected chi connectivity index (χ2v) is 9.04. The van der Waals surface area contributed by atoms with Gasteiger partial charge in [-0.05, 0) is 57.2 Å². The van der Waals surface area contributed by atoms with Crippen LogP contribution in [0.25, 0.3) is 0 Å². The number of rotatable bonds is 12. The number of ether oxygens (including phenoxy) is 2. The smallest absolute Gasteiger partial charge is 0.416 e. The van der Waals surface area contributed by atoms with Crippen molar-refractivity contribution in [1.29, 1.82) is 0 Å². The molecule has 0 aliphatic heterocycles. The summed E-state index contributed by atoms with van der Waals surface area (Å²) in [6, 6.07) is 4.40. The fourth-order valence-corrected chi connectivity index (χ4v) is 4.02. The second kappa shape index (κ2) is 13.7. The summed E-state index contributed by atoms with van der Waals surface area (Å²) in [6.45, 7) is 3.34. The molecule has 3 N–H and O–H groups in total. The van der Waals surface area contributed by atoms with Crippen LogP contribution in [-0.2, 0) is 15.7 Å². The standard InChI is InChI=1S/C26H35F3O6/c1-17(2)35-25(33)11-6-4-3-5-10-21-22(24(32)15-23(21)31)13-12-19(30)16-34-20-9-7-8-18(14-20)26(27,28)29/h3,5,7-9,12-14,17,19,21-24,30-32H,4,6,10-11,15-16H2,1-2H3/b5-3-,13-12+/t19-,21-,22?,23+,24-/m1/s1. The molecule has 1 saturated carbocycles. The molecule has 0 amide bonds. The molecule has 1 unspecified atom stereocenters. The molecule has 0 radical (unpaired) electrons. The highest BCUT2D eigenvalue weighted by molar-refractivity contribution is 5.69. The number of aliphatic hydroxyl groups is 3. The first-order valence-electron chi connectivity index (χ1n) is 11.8. The normalized spacial score (nSPS) is 23.9. The summed E-state index contributed by atoms with van der Waals surface area (Å²) in [4.78, 5) is 11.5. The van der Waals surface area contributed by atoms with E-state index < -0.39 is 30.1 Å². The van der Waals surface area contributed by atoms with E-state index in [2.05, 4.69) is 0 Å². The molecule has 0 bridgehead atoms. The molecule has 0 saturated heterocycles. The van der Waals surface area contributed by atoms with Crippen LogP contribution in [0.4, 0.5) is 13.2 Å². The van der Waals surface area contributed by atoms with Gasteiger partial charge in [0.15, 0.2) is 0 Å². The van der Waals surface area contributed by atoms with Crippen LogP contribution in [0, 0.1) is 11.8 Å². The van der Waals surface area contributed by atoms with Crippen LogP contribution in [0.2, 0.25) is 0 Å². The zero-order valence-corrected chi connectivity index (χ0v) is 20.0. The second-order valence-electron chi connectivity index (χ2n) is 9.04. The highest BCUT2D eigenvalue weighted by atomic mass is 19.4. The van der Waals surface area contributed by atoms with Crippen molar-refractivity contribution in [2.45, 2.75) is 76.5 Å². The molecule has 1 aromatic carbocycles. The van der Waals surface area contributed by atoms with Gasteiger partial charge in [0.05, 0.1) is 23.9 Å². The van der Waals surface area contributed by atoms with Gasteiger partial charge in [-0.15, -0.1) is 0 Å². The van der Waals surface area contributed by atoms with Crippen molar-refractivity contribution in [2.75, 3.05) is 6.61 Å². The Labute approximate surface area is 204 Å². The molecular formula is C26H35F3O6. The number of hydrogen-bond acceptors (Lipinski definition) is 6. The maximum atomic E-state index is 12.8. The summed E-state index contributed by atoms with van der Waals surface area (Å²) in [5, 5.41) is 30.8. The van der Waals surface area contributed by atoms with E-state index in [0.717, 1.165) is 12.1 Å². The largest absolute Gasteiger partial charge is 0.491 e. The Morgan fingerprint density at radius 1 is 1.20 bits per heavy atom. The summed E-state index contributed by atoms with van der Waals surface area (Å²) in [5.74, 6) is -0.883. The molecule has 0 aromatic heterocycles. The Kier molecular flexibility index (Phi) is 11.3. The lowest BCUT2D eigenvalue weighted by molar-refractivity contribution is -0.147. The van der Waals surface area contributed by atoms with Gasteiger partial charge in [-0.1, -0.05) is 30.4 Å². The van der Waals surface area contributed by atoms with E-state index in [4.69, 9.17) is 9.47 Å². The molecule has 0 spiro atoms. The van der Waals surface area contributed by atoms with Gasteiger partial charge in [-0.25, -0.2) is 0 Å². The Hall–Kier alpha value is -2.36. The lowest BCUT2D eigenvalue weighted by atomic mass is 9.89. The number of halogens is 3. The lowest BCUT2D eigenvalue weighted by Gasteiger charge is -2.19. The minimum atomic E-state index is -4.49. The Morgan fingerprint density at radius 2 is 1.94 bits per heavy atom. The molecule has 196 valence electrons. The first-order chi connectivity index (χ1) is 16.5. The third kappa shape index (κ3) is 10.0. The van der Waals surface area contributed by atoms with Crippen molar-refractivity contribution >= 4 is 5.97 Å². The van der Waals surface area contributed by atoms with Gasteiger partial charge in [-0.2, -0.15) is 13.2 Å². The van der Waals surface area contributed by atoms with Gasteiger partial charge in [-0.3, -0.25) is 4.79 Å². The Morgan fingerprint density at radius 3 is 2.63 bits per heavy atom. The molecular weight excluding hydrogens is 465 g/mol. The third-order valence-electron chi connectivity index (χ3n) is 5.75. The van der Waals surface area contributed by atoms with Crippen molar-refractivity contribution in [3.63, 3.8) is 0 Å². The number of carbonyl (C=O) groups excluding carboxylic acids is 1. The Balaban J connectivity index is 1.82. The Bertz CT molecular complexity index is 852. The lowest BCUT2D eigenvalue weighted by Crippen LogP contribution is -2.21. The number of carbonyl (C=O) groups is 1. The van der Waals surface area contributed by atoms with Crippen LogP contribution >= 0.6 is 0 Å². The van der Waals surface area contributed by atoms with E-state index in [0.29, 0.717) is 25.7 Å². The maximum Gasteiger partial charge on any atom is 0.416 e. The van der Waals surface area contributed by atoms with Gasteiger partial charge in [0, 0.05) is 18.8 Å². The number of allylic oxidation sites excluding steroid dienone is 2. The average Bonchev–Trinajstić information content (AvgIpc) is 3.04. The fourth-order valence-electron chi connectivity index (χ4n) is 4.02. The van der Waals surface area contributed by atoms with E-state index in [1.807, 2.05) is 12.2 Å². The molecule has 1 aliphatic carbocycles. The van der Waals surface area contributed by atoms with Gasteiger partial charge in [0.2, 0.25) is 0 Å². The first kappa shape index (κ1) is 28.9. The number of unbranched alkanes of at least 4 members (excludes halogenated alkanes) is 1. The highest BCUT2D eigenvalue weighted by Crippen LogP contribution is 2.36. The van der Waals surface area contributed by atoms with Crippen molar-refractivity contribution in [1.82, 2.24) is 0 Å². The fraction of sp³-hybridized carbons (Fsp3) is 0.577. The first-order valence-corrected chi connectivity index (χ1v) is 11.8. The number of aliphatic hydroxyl groups excluding tert-OH is 3. The van der Waals surface area contributed by atoms with Crippen LogP contribution in [0.5, 0.6) is 5.75 Å². The van der Waals surface area contributed by atoms with E-state index in [9.17, 15) is 33.3 Å². The summed E-state index contributed by atoms with van der Waals surface area (Å²) in [7, 11) is 0. The number of alkyl halides is 3. The molecule has 1 aromatic rings. The quantitative estimate of drug-likeness (QED) is 0.223. The van der Waals surface area contributed by atoms with Crippen LogP contribution in [0.1, 0.15) is 51.5 Å². The zero-order valence-electron chi connectivity index (χ0n) is 20.0. The van der Waals surface area contributed by atoms with Crippen LogP contribution in [0.15, 0.2) is 48.6 Å². The van der Waals surface area contributed by atoms with Gasteiger partial charge in [0.25, 0.3) is 0 Å². The molecule has 0 heterocycles. The minimum Gasteiger partial charge on any atom is -0.491 e. The monoisotopic (exact) mass is 500 g/mol. The maximum absolute atomic E-state index is 12.8. The topological polar surface area (TPSA) is 96.2 Å². The molecule has 5 atom stereocenters. The predicted octanol–water partition coefficient (Wildman–Crippen LogP) is 4.43. The van der Waals surface area contributed by atoms with Crippen molar-refractivity contribution in [2.24, 2.45) is 11.8 Å². The van der Waals surface area contributed by atoms with E-state index in [1.165, 1.54) is 18.2 Å². The molecule has 1 aliphatic rings. The summed E-state index contributed by atoms with van der Waals surface area (Å²) in [5.41, 5.74) is -0.838. The molecule has 1 fully saturated rings. The van der Waals surface area contributed by atoms with Gasteiger partial charge >= 0.3 is 12.1 Å².